The molecule has 1 aliphatic rings. The van der Waals surface area contributed by atoms with Crippen molar-refractivity contribution >= 4 is 98.0 Å². The molecule has 24 nitrogen and oxygen atoms in total. The van der Waals surface area contributed by atoms with E-state index in [0.717, 1.165) is 18.9 Å². The number of nitrogens with one attached hydrogen (secondary N) is 4. The molecule has 330 valence electrons. The predicted molar refractivity (Wildman–Crippen MR) is 234 cm³/mol. The molecular formula is C35H47Cl2N15O9. The maximum atomic E-state index is 11.7. The predicted octanol–water partition coefficient (Wildman–Crippen LogP) is 1.26. The summed E-state index contributed by atoms with van der Waals surface area (Å²) in [4.78, 5) is 67.5. The average molecular weight is 893 g/mol. The van der Waals surface area contributed by atoms with Crippen LogP contribution in [0.4, 0.5) is 23.1 Å². The molecule has 0 saturated heterocycles. The summed E-state index contributed by atoms with van der Waals surface area (Å²) in [6.07, 6.45) is 1.25. The summed E-state index contributed by atoms with van der Waals surface area (Å²) in [6.45, 7) is 5.67. The number of nitrogen functional groups attached to an aromatic ring is 2. The van der Waals surface area contributed by atoms with Crippen LogP contribution in [-0.4, -0.2) is 83.9 Å². The van der Waals surface area contributed by atoms with E-state index in [1.807, 2.05) is 19.9 Å². The Morgan fingerprint density at radius 1 is 0.836 bits per heavy atom. The first-order valence-corrected chi connectivity index (χ1v) is 17.0. The monoisotopic (exact) mass is 891 g/mol. The number of methoxy groups -OCH3 is 3. The van der Waals surface area contributed by atoms with Gasteiger partial charge in [-0.3, -0.25) is 31.7 Å². The lowest BCUT2D eigenvalue weighted by Crippen LogP contribution is -2.25. The van der Waals surface area contributed by atoms with Crippen molar-refractivity contribution in [2.75, 3.05) is 51.3 Å². The number of amidine groups is 1. The molecule has 0 atom stereocenters. The Morgan fingerprint density at radius 2 is 1.34 bits per heavy atom. The number of hydrazine groups is 1. The van der Waals surface area contributed by atoms with Crippen LogP contribution >= 0.6 is 24.0 Å². The summed E-state index contributed by atoms with van der Waals surface area (Å²) in [6, 6.07) is 14.6. The molecule has 0 saturated carbocycles. The molecule has 0 amide bonds. The van der Waals surface area contributed by atoms with Crippen molar-refractivity contribution in [2.45, 2.75) is 13.8 Å². The number of nitrogens with two attached hydrogens (primary N) is 7. The van der Waals surface area contributed by atoms with E-state index in [9.17, 15) is 24.0 Å². The summed E-state index contributed by atoms with van der Waals surface area (Å²) < 4.78 is 18.5. The van der Waals surface area contributed by atoms with Gasteiger partial charge in [-0.15, -0.1) is 12.4 Å². The van der Waals surface area contributed by atoms with Crippen LogP contribution in [0.2, 0.25) is 0 Å². The number of H-pyrrole nitrogens is 2. The number of halogens is 2. The van der Waals surface area contributed by atoms with Gasteiger partial charge >= 0.3 is 17.9 Å². The van der Waals surface area contributed by atoms with Crippen molar-refractivity contribution in [1.82, 2.24) is 20.2 Å². The number of aliphatic imine (C=N–C) groups is 1. The summed E-state index contributed by atoms with van der Waals surface area (Å²) in [5.41, 5.74) is 26.1. The number of guanidine groups is 1. The van der Waals surface area contributed by atoms with E-state index in [2.05, 4.69) is 79.4 Å². The van der Waals surface area contributed by atoms with Gasteiger partial charge in [-0.2, -0.15) is 15.4 Å². The molecular weight excluding hydrogens is 845 g/mol. The van der Waals surface area contributed by atoms with E-state index >= 15 is 0 Å². The third-order valence-electron chi connectivity index (χ3n) is 6.74. The highest BCUT2D eigenvalue weighted by molar-refractivity contribution is 6.63. The Labute approximate surface area is 358 Å². The van der Waals surface area contributed by atoms with Crippen molar-refractivity contribution in [3.05, 3.63) is 92.0 Å². The Hall–Kier alpha value is -7.56. The van der Waals surface area contributed by atoms with Gasteiger partial charge in [0.25, 0.3) is 11.1 Å². The molecule has 61 heavy (non-hydrogen) atoms. The van der Waals surface area contributed by atoms with Crippen LogP contribution in [0, 0.1) is 16.9 Å². The Morgan fingerprint density at radius 3 is 1.87 bits per heavy atom. The first kappa shape index (κ1) is 55.5. The molecule has 3 aromatic carbocycles. The van der Waals surface area contributed by atoms with Crippen molar-refractivity contribution in [3.8, 4) is 6.19 Å². The van der Waals surface area contributed by atoms with Crippen molar-refractivity contribution in [3.63, 3.8) is 0 Å². The zero-order valence-corrected chi connectivity index (χ0v) is 35.0. The number of carbonyl (C=O) groups excluding carboxylic acids is 3. The summed E-state index contributed by atoms with van der Waals surface area (Å²) >= 11 is 4.64. The lowest BCUT2D eigenvalue weighted by atomic mass is 10.1. The number of anilines is 3. The van der Waals surface area contributed by atoms with Crippen molar-refractivity contribution in [1.29, 1.82) is 10.7 Å². The lowest BCUT2D eigenvalue weighted by Gasteiger charge is -2.14. The van der Waals surface area contributed by atoms with E-state index in [1.165, 1.54) is 45.7 Å². The molecule has 26 heteroatoms. The standard InChI is InChI=1S/C10H9N3O3.C10H11NO4.C9H7N5O.C4H10O.CH3ClN2.CH2N2.ClH.H4N2/c1-16-9(15)5-3-2-4-6-7(5)8(14)13-10(11)12-6;1-14-9(12)6-4-3-5-7(11)8(6)10(13)15-2;10-9-11-5-3-1-2-4-6(5)7(12-9)13-14-8(4)15;1-3-5-4-2;2-1(3)4;2-1-3;;1-2/h2-4H,1H3,(H3,11,12,13,14);3-5H,11H2,1-2H3;1-3H,(H,14,15)(H3,10,11,12,13);3-4H2,1-2H3;(H3,3,4);2H2;1H;1-2H2. The van der Waals surface area contributed by atoms with E-state index < -0.39 is 23.5 Å². The topological polar surface area (TPSA) is 434 Å². The molecule has 0 bridgehead atoms. The van der Waals surface area contributed by atoms with E-state index in [4.69, 9.17) is 32.6 Å². The quantitative estimate of drug-likeness (QED) is 0.0113. The van der Waals surface area contributed by atoms with Gasteiger partial charge in [0.2, 0.25) is 5.95 Å². The largest absolute Gasteiger partial charge is 0.465 e. The number of nitrogens with zero attached hydrogens (tertiary/aromatic N) is 4. The van der Waals surface area contributed by atoms with Gasteiger partial charge in [0, 0.05) is 18.9 Å². The Bertz CT molecular complexity index is 2420. The highest BCUT2D eigenvalue weighted by atomic mass is 35.5. The van der Waals surface area contributed by atoms with Gasteiger partial charge in [0.05, 0.1) is 65.4 Å². The number of rotatable bonds is 5. The highest BCUT2D eigenvalue weighted by Gasteiger charge is 2.21. The second-order valence-electron chi connectivity index (χ2n) is 10.4. The summed E-state index contributed by atoms with van der Waals surface area (Å²) in [5.74, 6) is 6.87. The zero-order valence-electron chi connectivity index (χ0n) is 33.4. The Kier molecular flexibility index (Phi) is 27.0. The maximum absolute atomic E-state index is 11.7. The molecule has 0 aliphatic carbocycles. The number of hydrogen-bond acceptors (Lipinski definition) is 21. The minimum absolute atomic E-state index is 0. The van der Waals surface area contributed by atoms with Gasteiger partial charge in [-0.1, -0.05) is 18.2 Å². The maximum Gasteiger partial charge on any atom is 0.340 e. The molecule has 3 heterocycles. The van der Waals surface area contributed by atoms with E-state index in [0.29, 0.717) is 22.1 Å². The van der Waals surface area contributed by atoms with Crippen molar-refractivity contribution in [2.24, 2.45) is 33.9 Å². The van der Waals surface area contributed by atoms with Crippen LogP contribution < -0.4 is 56.8 Å². The van der Waals surface area contributed by atoms with Crippen LogP contribution in [0.25, 0.3) is 21.7 Å². The molecule has 18 N–H and O–H groups in total. The van der Waals surface area contributed by atoms with Crippen LogP contribution in [0.5, 0.6) is 0 Å². The first-order chi connectivity index (χ1) is 28.6. The molecule has 1 aliphatic heterocycles. The van der Waals surface area contributed by atoms with Crippen LogP contribution in [-0.2, 0) is 18.9 Å². The van der Waals surface area contributed by atoms with Crippen LogP contribution in [0.15, 0.2) is 69.2 Å². The molecule has 0 radical (unpaired) electrons. The fourth-order valence-electron chi connectivity index (χ4n) is 4.54. The first-order valence-electron chi connectivity index (χ1n) is 16.6. The number of benzene rings is 3. The number of aromatic amines is 2. The molecule has 0 spiro atoms. The van der Waals surface area contributed by atoms with Gasteiger partial charge < -0.3 is 52.9 Å². The van der Waals surface area contributed by atoms with Gasteiger partial charge in [-0.25, -0.2) is 24.5 Å². The van der Waals surface area contributed by atoms with Crippen LogP contribution in [0.3, 0.4) is 0 Å². The molecule has 5 aromatic rings. The number of carbonyl (C=O) groups is 3. The van der Waals surface area contributed by atoms with E-state index in [-0.39, 0.29) is 62.9 Å². The lowest BCUT2D eigenvalue weighted by molar-refractivity contribution is 0.0556. The fraction of sp³-hybridized carbons (Fsp3) is 0.200. The fourth-order valence-corrected chi connectivity index (χ4v) is 4.54. The zero-order chi connectivity index (χ0) is 45.9. The number of fused-ring (bicyclic) bond motifs is 1. The molecule has 0 fully saturated rings. The SMILES string of the molecule is CCOCC.COC(=O)c1cccc(N)c1C(=O)OC.COC(=O)c1cccc2nc(N)[nH]c(=O)c12.Cl.N#CN.N=C(N)Cl.NC1=Nc2n[nH]c(=O)c3cccc(c23)N1.NN. The number of esters is 3. The van der Waals surface area contributed by atoms with Gasteiger partial charge in [0.15, 0.2) is 23.3 Å². The van der Waals surface area contributed by atoms with E-state index in [1.54, 1.807) is 30.3 Å². The average Bonchev–Trinajstić information content (AvgIpc) is 3.22. The number of hydrogen-bond donors (Lipinski definition) is 11. The smallest absolute Gasteiger partial charge is 0.340 e. The molecule has 0 unspecified atom stereocenters. The minimum Gasteiger partial charge on any atom is -0.465 e. The summed E-state index contributed by atoms with van der Waals surface area (Å²) in [7, 11) is 3.70. The number of nitriles is 1. The second kappa shape index (κ2) is 29.6. The second-order valence-corrected chi connectivity index (χ2v) is 10.8. The van der Waals surface area contributed by atoms with Gasteiger partial charge in [0.1, 0.15) is 0 Å². The van der Waals surface area contributed by atoms with Crippen LogP contribution in [0.1, 0.15) is 44.9 Å². The normalized spacial score (nSPS) is 9.66. The van der Waals surface area contributed by atoms with Gasteiger partial charge in [-0.05, 0) is 61.8 Å². The third kappa shape index (κ3) is 17.4. The Balaban J connectivity index is 0. The molecule has 2 aromatic heterocycles. The minimum atomic E-state index is -0.659. The van der Waals surface area contributed by atoms with Crippen molar-refractivity contribution < 1.29 is 33.3 Å². The number of ether oxygens (including phenoxy) is 4. The molecule has 6 rings (SSSR count). The third-order valence-corrected chi connectivity index (χ3v) is 6.74. The highest BCUT2D eigenvalue weighted by Crippen LogP contribution is 2.30. The number of aromatic nitrogens is 4. The summed E-state index contributed by atoms with van der Waals surface area (Å²) in [5, 5.41) is 23.3.